The van der Waals surface area contributed by atoms with Gasteiger partial charge in [-0.3, -0.25) is 0 Å². The Balaban J connectivity index is 1.79. The highest BCUT2D eigenvalue weighted by Crippen LogP contribution is 2.31. The highest BCUT2D eigenvalue weighted by Gasteiger charge is 2.34. The third-order valence-electron chi connectivity index (χ3n) is 4.55. The maximum atomic E-state index is 13.0. The van der Waals surface area contributed by atoms with Crippen molar-refractivity contribution >= 4 is 21.4 Å². The Kier molecular flexibility index (Phi) is 4.89. The molecule has 3 heterocycles. The summed E-state index contributed by atoms with van der Waals surface area (Å²) in [5.74, 6) is 1.01. The molecule has 0 N–H and O–H groups in total. The van der Waals surface area contributed by atoms with Crippen molar-refractivity contribution < 1.29 is 8.42 Å². The fourth-order valence-electron chi connectivity index (χ4n) is 3.24. The van der Waals surface area contributed by atoms with Crippen LogP contribution in [0.4, 0.5) is 0 Å². The Labute approximate surface area is 142 Å². The Morgan fingerprint density at radius 1 is 1.39 bits per heavy atom. The molecule has 1 atom stereocenters. The summed E-state index contributed by atoms with van der Waals surface area (Å²) in [6, 6.07) is 1.96. The first kappa shape index (κ1) is 16.7. The summed E-state index contributed by atoms with van der Waals surface area (Å²) < 4.78 is 30.3. The van der Waals surface area contributed by atoms with E-state index in [0.29, 0.717) is 10.8 Å². The van der Waals surface area contributed by atoms with E-state index in [4.69, 9.17) is 0 Å². The van der Waals surface area contributed by atoms with Crippen molar-refractivity contribution in [2.24, 2.45) is 7.05 Å². The molecule has 5 nitrogen and oxygen atoms in total. The molecule has 0 aromatic carbocycles. The molecule has 0 radical (unpaired) electrons. The molecule has 0 bridgehead atoms. The monoisotopic (exact) mass is 353 g/mol. The van der Waals surface area contributed by atoms with Gasteiger partial charge in [-0.05, 0) is 43.2 Å². The van der Waals surface area contributed by atoms with Gasteiger partial charge < -0.3 is 4.57 Å². The van der Waals surface area contributed by atoms with Crippen molar-refractivity contribution in [1.29, 1.82) is 0 Å². The second kappa shape index (κ2) is 6.75. The Morgan fingerprint density at radius 2 is 2.22 bits per heavy atom. The minimum atomic E-state index is -3.38. The van der Waals surface area contributed by atoms with Crippen LogP contribution in [0.5, 0.6) is 0 Å². The second-order valence-corrected chi connectivity index (χ2v) is 9.15. The van der Waals surface area contributed by atoms with Crippen molar-refractivity contribution in [3.63, 3.8) is 0 Å². The molecule has 2 aromatic rings. The molecule has 126 valence electrons. The number of hydrogen-bond donors (Lipinski definition) is 0. The van der Waals surface area contributed by atoms with Crippen LogP contribution in [0.2, 0.25) is 0 Å². The molecule has 23 heavy (non-hydrogen) atoms. The number of nitrogens with zero attached hydrogens (tertiary/aromatic N) is 3. The lowest BCUT2D eigenvalue weighted by Gasteiger charge is -2.34. The van der Waals surface area contributed by atoms with Crippen LogP contribution < -0.4 is 0 Å². The fraction of sp³-hybridized carbons (Fsp3) is 0.562. The molecular formula is C16H23N3O2S2. The predicted octanol–water partition coefficient (Wildman–Crippen LogP) is 2.97. The van der Waals surface area contributed by atoms with E-state index >= 15 is 0 Å². The van der Waals surface area contributed by atoms with Crippen LogP contribution in [0.25, 0.3) is 0 Å². The predicted molar refractivity (Wildman–Crippen MR) is 92.1 cm³/mol. The third-order valence-corrected chi connectivity index (χ3v) is 8.17. The van der Waals surface area contributed by atoms with Gasteiger partial charge in [0.15, 0.2) is 0 Å². The van der Waals surface area contributed by atoms with Crippen molar-refractivity contribution in [3.8, 4) is 0 Å². The van der Waals surface area contributed by atoms with Crippen LogP contribution in [-0.2, 0) is 23.5 Å². The topological polar surface area (TPSA) is 55.2 Å². The largest absolute Gasteiger partial charge is 0.338 e. The third kappa shape index (κ3) is 3.36. The van der Waals surface area contributed by atoms with Gasteiger partial charge in [0.2, 0.25) is 0 Å². The molecule has 1 aliphatic rings. The van der Waals surface area contributed by atoms with Crippen molar-refractivity contribution in [3.05, 3.63) is 35.2 Å². The minimum Gasteiger partial charge on any atom is -0.338 e. The maximum absolute atomic E-state index is 13.0. The molecule has 1 aliphatic heterocycles. The van der Waals surface area contributed by atoms with Crippen LogP contribution in [0.1, 0.15) is 37.1 Å². The fourth-order valence-corrected chi connectivity index (χ4v) is 6.49. The lowest BCUT2D eigenvalue weighted by Crippen LogP contribution is -2.43. The zero-order valence-corrected chi connectivity index (χ0v) is 15.2. The van der Waals surface area contributed by atoms with E-state index in [1.54, 1.807) is 10.5 Å². The highest BCUT2D eigenvalue weighted by atomic mass is 32.2. The summed E-state index contributed by atoms with van der Waals surface area (Å²) in [5, 5.41) is 1.86. The molecule has 1 saturated heterocycles. The van der Waals surface area contributed by atoms with Crippen LogP contribution in [0.15, 0.2) is 28.0 Å². The van der Waals surface area contributed by atoms with Gasteiger partial charge in [0.25, 0.3) is 10.0 Å². The molecule has 0 aliphatic carbocycles. The molecular weight excluding hydrogens is 330 g/mol. The van der Waals surface area contributed by atoms with E-state index in [1.165, 1.54) is 11.3 Å². The molecule has 0 amide bonds. The molecule has 7 heteroatoms. The Hall–Kier alpha value is -1.18. The quantitative estimate of drug-likeness (QED) is 0.830. The molecule has 1 fully saturated rings. The smallest absolute Gasteiger partial charge is 0.253 e. The molecule has 0 saturated carbocycles. The number of aromatic nitrogens is 2. The van der Waals surface area contributed by atoms with Gasteiger partial charge in [-0.25, -0.2) is 13.4 Å². The maximum Gasteiger partial charge on any atom is 0.253 e. The van der Waals surface area contributed by atoms with E-state index in [2.05, 4.69) is 4.98 Å². The van der Waals surface area contributed by atoms with Gasteiger partial charge in [0.1, 0.15) is 10.0 Å². The van der Waals surface area contributed by atoms with Crippen molar-refractivity contribution in [2.45, 2.75) is 49.3 Å². The first-order valence-corrected chi connectivity index (χ1v) is 10.3. The van der Waals surface area contributed by atoms with Crippen LogP contribution in [0, 0.1) is 6.92 Å². The van der Waals surface area contributed by atoms with Crippen LogP contribution in [0.3, 0.4) is 0 Å². The first-order valence-electron chi connectivity index (χ1n) is 8.02. The van der Waals surface area contributed by atoms with E-state index in [-0.39, 0.29) is 6.04 Å². The summed E-state index contributed by atoms with van der Waals surface area (Å²) in [6.45, 7) is 2.50. The van der Waals surface area contributed by atoms with Gasteiger partial charge in [-0.1, -0.05) is 6.42 Å². The number of thiophene rings is 1. The zero-order valence-electron chi connectivity index (χ0n) is 13.6. The van der Waals surface area contributed by atoms with Gasteiger partial charge in [0, 0.05) is 38.4 Å². The number of rotatable bonds is 5. The lowest BCUT2D eigenvalue weighted by molar-refractivity contribution is 0.240. The standard InChI is InChI=1S/C16H23N3O2S2/c1-13-8-12-22-16(13)23(20,21)19-10-4-3-5-14(19)6-7-15-17-9-11-18(15)2/h8-9,11-12,14H,3-7,10H2,1-2H3/t14-/m0/s1. The number of imidazole rings is 1. The Morgan fingerprint density at radius 3 is 2.87 bits per heavy atom. The molecule has 2 aromatic heterocycles. The number of piperidine rings is 1. The summed E-state index contributed by atoms with van der Waals surface area (Å²) >= 11 is 1.32. The summed E-state index contributed by atoms with van der Waals surface area (Å²) in [6.07, 6.45) is 8.34. The van der Waals surface area contributed by atoms with Crippen LogP contribution in [-0.4, -0.2) is 34.9 Å². The van der Waals surface area contributed by atoms with E-state index in [9.17, 15) is 8.42 Å². The highest BCUT2D eigenvalue weighted by molar-refractivity contribution is 7.91. The second-order valence-electron chi connectivity index (χ2n) is 6.15. The lowest BCUT2D eigenvalue weighted by atomic mass is 10.0. The summed E-state index contributed by atoms with van der Waals surface area (Å²) in [7, 11) is -1.40. The number of aryl methyl sites for hydroxylation is 3. The summed E-state index contributed by atoms with van der Waals surface area (Å²) in [4.78, 5) is 4.35. The van der Waals surface area contributed by atoms with Crippen molar-refractivity contribution in [2.75, 3.05) is 6.54 Å². The van der Waals surface area contributed by atoms with Gasteiger partial charge >= 0.3 is 0 Å². The van der Waals surface area contributed by atoms with E-state index in [0.717, 1.165) is 43.5 Å². The van der Waals surface area contributed by atoms with Crippen LogP contribution >= 0.6 is 11.3 Å². The minimum absolute atomic E-state index is 0.0759. The zero-order chi connectivity index (χ0) is 16.4. The van der Waals surface area contributed by atoms with Crippen molar-refractivity contribution in [1.82, 2.24) is 13.9 Å². The van der Waals surface area contributed by atoms with E-state index in [1.807, 2.05) is 36.2 Å². The first-order chi connectivity index (χ1) is 11.0. The summed E-state index contributed by atoms with van der Waals surface area (Å²) in [5.41, 5.74) is 0.850. The SMILES string of the molecule is Cc1ccsc1S(=O)(=O)N1CCCC[C@H]1CCc1nccn1C. The number of sulfonamides is 1. The average Bonchev–Trinajstić information content (AvgIpc) is 3.14. The van der Waals surface area contributed by atoms with Gasteiger partial charge in [-0.2, -0.15) is 4.31 Å². The molecule has 0 spiro atoms. The normalized spacial score (nSPS) is 20.0. The van der Waals surface area contributed by atoms with Gasteiger partial charge in [0.05, 0.1) is 0 Å². The Bertz CT molecular complexity index is 764. The number of hydrogen-bond acceptors (Lipinski definition) is 4. The molecule has 0 unspecified atom stereocenters. The van der Waals surface area contributed by atoms with Gasteiger partial charge in [-0.15, -0.1) is 11.3 Å². The van der Waals surface area contributed by atoms with E-state index < -0.39 is 10.0 Å². The molecule has 3 rings (SSSR count). The average molecular weight is 354 g/mol.